The highest BCUT2D eigenvalue weighted by molar-refractivity contribution is 5.77. The Balaban J connectivity index is 1.43. The molecule has 1 saturated heterocycles. The Morgan fingerprint density at radius 1 is 1.07 bits per heavy atom. The first-order valence-corrected chi connectivity index (χ1v) is 9.59. The molecule has 0 spiro atoms. The average molecular weight is 383 g/mol. The monoisotopic (exact) mass is 383 g/mol. The summed E-state index contributed by atoms with van der Waals surface area (Å²) in [6.45, 7) is 1.05. The second kappa shape index (κ2) is 8.00. The van der Waals surface area contributed by atoms with Crippen LogP contribution >= 0.6 is 0 Å². The predicted octanol–water partition coefficient (Wildman–Crippen LogP) is 3.73. The van der Waals surface area contributed by atoms with Crippen molar-refractivity contribution in [1.29, 1.82) is 0 Å². The van der Waals surface area contributed by atoms with Gasteiger partial charge in [-0.15, -0.1) is 0 Å². The number of aryl methyl sites for hydroxylation is 1. The van der Waals surface area contributed by atoms with E-state index in [9.17, 15) is 4.79 Å². The lowest BCUT2D eigenvalue weighted by Crippen LogP contribution is -2.30. The number of ether oxygens (including phenoxy) is 4. The Bertz CT molecular complexity index is 866. The van der Waals surface area contributed by atoms with Crippen LogP contribution in [0.15, 0.2) is 36.4 Å². The Morgan fingerprint density at radius 2 is 1.89 bits per heavy atom. The molecule has 1 amide bonds. The number of likely N-dealkylation sites (tertiary alicyclic amines) is 1. The third-order valence-electron chi connectivity index (χ3n) is 5.43. The minimum atomic E-state index is 0.0871. The summed E-state index contributed by atoms with van der Waals surface area (Å²) in [6, 6.07) is 11.9. The van der Waals surface area contributed by atoms with Crippen LogP contribution in [0.25, 0.3) is 0 Å². The molecule has 2 aliphatic rings. The lowest BCUT2D eigenvalue weighted by Gasteiger charge is -2.26. The van der Waals surface area contributed by atoms with Crippen molar-refractivity contribution in [2.75, 3.05) is 27.6 Å². The average Bonchev–Trinajstić information content (AvgIpc) is 3.40. The van der Waals surface area contributed by atoms with Crippen LogP contribution in [0.5, 0.6) is 23.0 Å². The molecule has 0 radical (unpaired) electrons. The van der Waals surface area contributed by atoms with Gasteiger partial charge in [-0.25, -0.2) is 0 Å². The van der Waals surface area contributed by atoms with Crippen molar-refractivity contribution in [3.05, 3.63) is 47.5 Å². The van der Waals surface area contributed by atoms with Gasteiger partial charge in [-0.2, -0.15) is 0 Å². The number of nitrogens with zero attached hydrogens (tertiary/aromatic N) is 1. The van der Waals surface area contributed by atoms with Gasteiger partial charge in [0.1, 0.15) is 0 Å². The van der Waals surface area contributed by atoms with Gasteiger partial charge in [0.25, 0.3) is 0 Å². The Kier molecular flexibility index (Phi) is 5.28. The van der Waals surface area contributed by atoms with Gasteiger partial charge in [0, 0.05) is 13.0 Å². The standard InChI is InChI=1S/C22H25NO5/c1-25-18-9-7-16(13-20(18)26-2)17-4-3-11-23(17)22(24)10-6-15-5-8-19-21(12-15)28-14-27-19/h5,7-9,12-13,17H,3-4,6,10-11,14H2,1-2H3/t17-/m1/s1. The summed E-state index contributed by atoms with van der Waals surface area (Å²) in [7, 11) is 3.25. The van der Waals surface area contributed by atoms with Crippen LogP contribution in [0.1, 0.15) is 36.4 Å². The van der Waals surface area contributed by atoms with Crippen molar-refractivity contribution in [3.63, 3.8) is 0 Å². The lowest BCUT2D eigenvalue weighted by atomic mass is 10.0. The van der Waals surface area contributed by atoms with Crippen molar-refractivity contribution >= 4 is 5.91 Å². The summed E-state index contributed by atoms with van der Waals surface area (Å²) in [4.78, 5) is 14.9. The second-order valence-corrected chi connectivity index (χ2v) is 7.05. The zero-order valence-electron chi connectivity index (χ0n) is 16.3. The van der Waals surface area contributed by atoms with E-state index in [2.05, 4.69) is 0 Å². The molecule has 2 aliphatic heterocycles. The van der Waals surface area contributed by atoms with Gasteiger partial charge < -0.3 is 23.8 Å². The van der Waals surface area contributed by atoms with Gasteiger partial charge in [-0.3, -0.25) is 4.79 Å². The van der Waals surface area contributed by atoms with E-state index in [4.69, 9.17) is 18.9 Å². The maximum absolute atomic E-state index is 12.9. The van der Waals surface area contributed by atoms with Gasteiger partial charge in [0.2, 0.25) is 12.7 Å². The molecule has 6 nitrogen and oxygen atoms in total. The highest BCUT2D eigenvalue weighted by atomic mass is 16.7. The minimum Gasteiger partial charge on any atom is -0.493 e. The van der Waals surface area contributed by atoms with Crippen molar-refractivity contribution in [1.82, 2.24) is 4.90 Å². The van der Waals surface area contributed by atoms with Crippen LogP contribution in [-0.4, -0.2) is 38.4 Å². The molecule has 28 heavy (non-hydrogen) atoms. The highest BCUT2D eigenvalue weighted by Gasteiger charge is 2.30. The van der Waals surface area contributed by atoms with E-state index >= 15 is 0 Å². The lowest BCUT2D eigenvalue weighted by molar-refractivity contribution is -0.132. The molecule has 148 valence electrons. The Hall–Kier alpha value is -2.89. The van der Waals surface area contributed by atoms with Crippen molar-refractivity contribution in [2.24, 2.45) is 0 Å². The first-order valence-electron chi connectivity index (χ1n) is 9.59. The Labute approximate surface area is 165 Å². The molecular weight excluding hydrogens is 358 g/mol. The quantitative estimate of drug-likeness (QED) is 0.761. The third kappa shape index (κ3) is 3.59. The molecule has 0 aromatic heterocycles. The SMILES string of the molecule is COc1ccc([C@H]2CCCN2C(=O)CCc2ccc3c(c2)OCO3)cc1OC. The van der Waals surface area contributed by atoms with E-state index in [1.807, 2.05) is 41.3 Å². The van der Waals surface area contributed by atoms with Gasteiger partial charge >= 0.3 is 0 Å². The molecular formula is C22H25NO5. The van der Waals surface area contributed by atoms with E-state index < -0.39 is 0 Å². The van der Waals surface area contributed by atoms with Gasteiger partial charge in [0.15, 0.2) is 23.0 Å². The summed E-state index contributed by atoms with van der Waals surface area (Å²) in [5.41, 5.74) is 2.17. The van der Waals surface area contributed by atoms with E-state index in [0.29, 0.717) is 24.3 Å². The normalized spacial score (nSPS) is 17.6. The van der Waals surface area contributed by atoms with Gasteiger partial charge in [-0.1, -0.05) is 12.1 Å². The van der Waals surface area contributed by atoms with Crippen molar-refractivity contribution < 1.29 is 23.7 Å². The fourth-order valence-electron chi connectivity index (χ4n) is 3.96. The fraction of sp³-hybridized carbons (Fsp3) is 0.409. The largest absolute Gasteiger partial charge is 0.493 e. The molecule has 0 saturated carbocycles. The maximum Gasteiger partial charge on any atom is 0.231 e. The molecule has 6 heteroatoms. The number of hydrogen-bond donors (Lipinski definition) is 0. The molecule has 1 fully saturated rings. The molecule has 2 aromatic rings. The van der Waals surface area contributed by atoms with Crippen LogP contribution in [0.2, 0.25) is 0 Å². The van der Waals surface area contributed by atoms with Crippen LogP contribution in [-0.2, 0) is 11.2 Å². The predicted molar refractivity (Wildman–Crippen MR) is 104 cm³/mol. The van der Waals surface area contributed by atoms with Crippen LogP contribution < -0.4 is 18.9 Å². The number of hydrogen-bond acceptors (Lipinski definition) is 5. The van der Waals surface area contributed by atoms with Crippen molar-refractivity contribution in [3.8, 4) is 23.0 Å². The minimum absolute atomic E-state index is 0.0871. The third-order valence-corrected chi connectivity index (χ3v) is 5.43. The van der Waals surface area contributed by atoms with Crippen LogP contribution in [0.3, 0.4) is 0 Å². The summed E-state index contributed by atoms with van der Waals surface area (Å²) >= 11 is 0. The topological polar surface area (TPSA) is 57.2 Å². The van der Waals surface area contributed by atoms with Gasteiger partial charge in [-0.05, 0) is 54.7 Å². The number of carbonyl (C=O) groups excluding carboxylic acids is 1. The first-order chi connectivity index (χ1) is 13.7. The number of fused-ring (bicyclic) bond motifs is 1. The fourth-order valence-corrected chi connectivity index (χ4v) is 3.96. The van der Waals surface area contributed by atoms with E-state index in [0.717, 1.165) is 42.0 Å². The number of methoxy groups -OCH3 is 2. The smallest absolute Gasteiger partial charge is 0.231 e. The van der Waals surface area contributed by atoms with Gasteiger partial charge in [0.05, 0.1) is 20.3 Å². The summed E-state index contributed by atoms with van der Waals surface area (Å²) in [6.07, 6.45) is 3.13. The molecule has 0 aliphatic carbocycles. The summed E-state index contributed by atoms with van der Waals surface area (Å²) in [5.74, 6) is 3.09. The van der Waals surface area contributed by atoms with Crippen LogP contribution in [0, 0.1) is 0 Å². The van der Waals surface area contributed by atoms with Crippen LogP contribution in [0.4, 0.5) is 0 Å². The molecule has 2 heterocycles. The zero-order valence-corrected chi connectivity index (χ0v) is 16.3. The first kappa shape index (κ1) is 18.5. The Morgan fingerprint density at radius 3 is 2.71 bits per heavy atom. The van der Waals surface area contributed by atoms with E-state index in [1.54, 1.807) is 14.2 Å². The number of rotatable bonds is 6. The molecule has 0 unspecified atom stereocenters. The maximum atomic E-state index is 12.9. The number of carbonyl (C=O) groups is 1. The number of amides is 1. The molecule has 1 atom stereocenters. The molecule has 0 bridgehead atoms. The summed E-state index contributed by atoms with van der Waals surface area (Å²) in [5, 5.41) is 0. The zero-order chi connectivity index (χ0) is 19.5. The van der Waals surface area contributed by atoms with E-state index in [-0.39, 0.29) is 18.7 Å². The molecule has 0 N–H and O–H groups in total. The molecule has 2 aromatic carbocycles. The second-order valence-electron chi connectivity index (χ2n) is 7.05. The van der Waals surface area contributed by atoms with Crippen molar-refractivity contribution in [2.45, 2.75) is 31.7 Å². The number of benzene rings is 2. The molecule has 4 rings (SSSR count). The summed E-state index contributed by atoms with van der Waals surface area (Å²) < 4.78 is 21.5. The highest BCUT2D eigenvalue weighted by Crippen LogP contribution is 2.37. The van der Waals surface area contributed by atoms with E-state index in [1.165, 1.54) is 0 Å².